The summed E-state index contributed by atoms with van der Waals surface area (Å²) in [6.07, 6.45) is 4.11. The van der Waals surface area contributed by atoms with E-state index in [1.54, 1.807) is 4.90 Å². The molecule has 184 valence electrons. The lowest BCUT2D eigenvalue weighted by molar-refractivity contribution is -0.146. The maximum absolute atomic E-state index is 13.0. The number of aliphatic carboxylic acids is 1. The Balaban J connectivity index is 1.21. The minimum atomic E-state index is -0.790. The SMILES string of the molecule is O=C(NC1(CC(=O)N2CCC(C(=O)O)CC2)CCCC1)OCC1c2ccccc2-c2ccccc21. The van der Waals surface area contributed by atoms with Crippen LogP contribution in [0, 0.1) is 5.92 Å². The van der Waals surface area contributed by atoms with Gasteiger partial charge in [-0.2, -0.15) is 0 Å². The van der Waals surface area contributed by atoms with Crippen molar-refractivity contribution in [3.63, 3.8) is 0 Å². The Morgan fingerprint density at radius 1 is 0.943 bits per heavy atom. The molecule has 0 radical (unpaired) electrons. The van der Waals surface area contributed by atoms with Gasteiger partial charge in [0.2, 0.25) is 5.91 Å². The Labute approximate surface area is 205 Å². The predicted molar refractivity (Wildman–Crippen MR) is 131 cm³/mol. The van der Waals surface area contributed by atoms with Gasteiger partial charge in [-0.1, -0.05) is 61.4 Å². The van der Waals surface area contributed by atoms with E-state index in [4.69, 9.17) is 4.74 Å². The third-order valence-corrected chi connectivity index (χ3v) is 7.96. The molecule has 2 N–H and O–H groups in total. The number of alkyl carbamates (subject to hydrolysis) is 1. The van der Waals surface area contributed by atoms with Crippen LogP contribution in [-0.4, -0.2) is 53.2 Å². The number of likely N-dealkylation sites (tertiary alicyclic amines) is 1. The van der Waals surface area contributed by atoms with Gasteiger partial charge in [-0.25, -0.2) is 4.79 Å². The molecule has 2 aromatic carbocycles. The van der Waals surface area contributed by atoms with Gasteiger partial charge in [-0.05, 0) is 47.9 Å². The number of fused-ring (bicyclic) bond motifs is 3. The number of hydrogen-bond acceptors (Lipinski definition) is 4. The zero-order valence-corrected chi connectivity index (χ0v) is 19.9. The van der Waals surface area contributed by atoms with Crippen LogP contribution in [0.25, 0.3) is 11.1 Å². The van der Waals surface area contributed by atoms with E-state index in [1.165, 1.54) is 11.1 Å². The first kappa shape index (κ1) is 23.4. The molecule has 7 heteroatoms. The zero-order chi connectivity index (χ0) is 24.4. The smallest absolute Gasteiger partial charge is 0.407 e. The molecular formula is C28H32N2O5. The van der Waals surface area contributed by atoms with Gasteiger partial charge in [0.15, 0.2) is 0 Å². The number of carbonyl (C=O) groups excluding carboxylic acids is 2. The normalized spacial score (nSPS) is 19.1. The van der Waals surface area contributed by atoms with Gasteiger partial charge < -0.3 is 20.1 Å². The number of ether oxygens (including phenoxy) is 1. The van der Waals surface area contributed by atoms with Gasteiger partial charge in [0.1, 0.15) is 6.61 Å². The van der Waals surface area contributed by atoms with Crippen molar-refractivity contribution < 1.29 is 24.2 Å². The monoisotopic (exact) mass is 476 g/mol. The molecule has 3 aliphatic rings. The Kier molecular flexibility index (Phi) is 6.50. The number of carbonyl (C=O) groups is 3. The van der Waals surface area contributed by atoms with Crippen LogP contribution in [0.5, 0.6) is 0 Å². The van der Waals surface area contributed by atoms with Crippen LogP contribution in [0.4, 0.5) is 4.79 Å². The Morgan fingerprint density at radius 2 is 1.51 bits per heavy atom. The minimum Gasteiger partial charge on any atom is -0.481 e. The second-order valence-electron chi connectivity index (χ2n) is 10.1. The maximum Gasteiger partial charge on any atom is 0.407 e. The molecule has 7 nitrogen and oxygen atoms in total. The third kappa shape index (κ3) is 4.77. The van der Waals surface area contributed by atoms with Crippen molar-refractivity contribution in [2.75, 3.05) is 19.7 Å². The van der Waals surface area contributed by atoms with Crippen molar-refractivity contribution in [3.05, 3.63) is 59.7 Å². The predicted octanol–water partition coefficient (Wildman–Crippen LogP) is 4.55. The quantitative estimate of drug-likeness (QED) is 0.638. The third-order valence-electron chi connectivity index (χ3n) is 7.96. The summed E-state index contributed by atoms with van der Waals surface area (Å²) in [7, 11) is 0. The Bertz CT molecular complexity index is 1070. The van der Waals surface area contributed by atoms with E-state index in [0.717, 1.165) is 36.8 Å². The lowest BCUT2D eigenvalue weighted by Crippen LogP contribution is -2.51. The summed E-state index contributed by atoms with van der Waals surface area (Å²) < 4.78 is 5.75. The first-order valence-electron chi connectivity index (χ1n) is 12.6. The van der Waals surface area contributed by atoms with E-state index in [1.807, 2.05) is 24.3 Å². The highest BCUT2D eigenvalue weighted by Gasteiger charge is 2.40. The number of carboxylic acids is 1. The molecular weight excluding hydrogens is 444 g/mol. The van der Waals surface area contributed by atoms with Gasteiger partial charge in [-0.15, -0.1) is 0 Å². The van der Waals surface area contributed by atoms with Crippen molar-refractivity contribution in [2.24, 2.45) is 5.92 Å². The molecule has 1 heterocycles. The van der Waals surface area contributed by atoms with Gasteiger partial charge in [0.25, 0.3) is 0 Å². The molecule has 0 spiro atoms. The van der Waals surface area contributed by atoms with Crippen LogP contribution < -0.4 is 5.32 Å². The summed E-state index contributed by atoms with van der Waals surface area (Å²) in [5.74, 6) is -1.20. The number of hydrogen-bond donors (Lipinski definition) is 2. The lowest BCUT2D eigenvalue weighted by Gasteiger charge is -2.35. The molecule has 0 unspecified atom stereocenters. The van der Waals surface area contributed by atoms with E-state index in [-0.39, 0.29) is 30.8 Å². The summed E-state index contributed by atoms with van der Waals surface area (Å²) in [5, 5.41) is 12.3. The average molecular weight is 477 g/mol. The fraction of sp³-hybridized carbons (Fsp3) is 0.464. The first-order valence-corrected chi connectivity index (χ1v) is 12.6. The van der Waals surface area contributed by atoms with Crippen molar-refractivity contribution in [1.82, 2.24) is 10.2 Å². The molecule has 1 saturated carbocycles. The fourth-order valence-electron chi connectivity index (χ4n) is 6.03. The Morgan fingerprint density at radius 3 is 2.09 bits per heavy atom. The highest BCUT2D eigenvalue weighted by atomic mass is 16.5. The van der Waals surface area contributed by atoms with Crippen LogP contribution in [0.2, 0.25) is 0 Å². The van der Waals surface area contributed by atoms with Crippen LogP contribution in [-0.2, 0) is 14.3 Å². The number of nitrogens with zero attached hydrogens (tertiary/aromatic N) is 1. The zero-order valence-electron chi connectivity index (χ0n) is 19.9. The van der Waals surface area contributed by atoms with Gasteiger partial charge in [-0.3, -0.25) is 9.59 Å². The summed E-state index contributed by atoms with van der Waals surface area (Å²) in [5.41, 5.74) is 4.10. The lowest BCUT2D eigenvalue weighted by atomic mass is 9.91. The van der Waals surface area contributed by atoms with E-state index in [9.17, 15) is 19.5 Å². The van der Waals surface area contributed by atoms with Gasteiger partial charge in [0, 0.05) is 19.0 Å². The molecule has 2 aromatic rings. The number of benzene rings is 2. The average Bonchev–Trinajstić information content (AvgIpc) is 3.45. The van der Waals surface area contributed by atoms with Gasteiger partial charge >= 0.3 is 12.1 Å². The van der Waals surface area contributed by atoms with Crippen molar-refractivity contribution in [2.45, 2.75) is 56.4 Å². The van der Waals surface area contributed by atoms with Crippen molar-refractivity contribution >= 4 is 18.0 Å². The van der Waals surface area contributed by atoms with Crippen molar-refractivity contribution in [1.29, 1.82) is 0 Å². The summed E-state index contributed by atoms with van der Waals surface area (Å²) in [6, 6.07) is 16.5. The number of nitrogens with one attached hydrogen (secondary N) is 1. The highest BCUT2D eigenvalue weighted by Crippen LogP contribution is 2.44. The Hall–Kier alpha value is -3.35. The summed E-state index contributed by atoms with van der Waals surface area (Å²) >= 11 is 0. The molecule has 2 aliphatic carbocycles. The van der Waals surface area contributed by atoms with Crippen molar-refractivity contribution in [3.8, 4) is 11.1 Å². The number of amides is 2. The van der Waals surface area contributed by atoms with E-state index < -0.39 is 17.6 Å². The van der Waals surface area contributed by atoms with E-state index >= 15 is 0 Å². The second-order valence-corrected chi connectivity index (χ2v) is 10.1. The number of rotatable bonds is 6. The van der Waals surface area contributed by atoms with Gasteiger partial charge in [0.05, 0.1) is 17.9 Å². The van der Waals surface area contributed by atoms with Crippen LogP contribution in [0.15, 0.2) is 48.5 Å². The molecule has 1 saturated heterocycles. The minimum absolute atomic E-state index is 0.00941. The summed E-state index contributed by atoms with van der Waals surface area (Å²) in [6.45, 7) is 1.15. The molecule has 0 bridgehead atoms. The van der Waals surface area contributed by atoms with Crippen LogP contribution in [0.3, 0.4) is 0 Å². The van der Waals surface area contributed by atoms with E-state index in [2.05, 4.69) is 29.6 Å². The second kappa shape index (κ2) is 9.72. The first-order chi connectivity index (χ1) is 17.0. The molecule has 35 heavy (non-hydrogen) atoms. The number of carboxylic acid groups (broad SMARTS) is 1. The number of piperidine rings is 1. The largest absolute Gasteiger partial charge is 0.481 e. The molecule has 1 aliphatic heterocycles. The topological polar surface area (TPSA) is 95.9 Å². The maximum atomic E-state index is 13.0. The fourth-order valence-corrected chi connectivity index (χ4v) is 6.03. The van der Waals surface area contributed by atoms with Crippen LogP contribution in [0.1, 0.15) is 62.0 Å². The molecule has 0 atom stereocenters. The molecule has 2 amide bonds. The highest BCUT2D eigenvalue weighted by molar-refractivity contribution is 5.80. The van der Waals surface area contributed by atoms with Crippen LogP contribution >= 0.6 is 0 Å². The molecule has 0 aromatic heterocycles. The summed E-state index contributed by atoms with van der Waals surface area (Å²) in [4.78, 5) is 38.9. The standard InChI is InChI=1S/C28H32N2O5/c31-25(30-15-11-19(12-16-30)26(32)33)17-28(13-5-6-14-28)29-27(34)35-18-24-22-9-3-1-7-20(22)21-8-2-4-10-23(21)24/h1-4,7-10,19,24H,5-6,11-18H2,(H,29,34)(H,32,33). The molecule has 5 rings (SSSR count). The van der Waals surface area contributed by atoms with E-state index in [0.29, 0.717) is 25.9 Å². The molecule has 2 fully saturated rings.